The van der Waals surface area contributed by atoms with Gasteiger partial charge in [-0.2, -0.15) is 0 Å². The molecular weight excluding hydrogens is 176 g/mol. The van der Waals surface area contributed by atoms with Gasteiger partial charge in [0.2, 0.25) is 0 Å². The first-order valence-electron chi connectivity index (χ1n) is 4.67. The van der Waals surface area contributed by atoms with Crippen LogP contribution in [-0.2, 0) is 9.47 Å². The van der Waals surface area contributed by atoms with E-state index in [4.69, 9.17) is 15.9 Å². The molecular formula is C12H18O2. The highest BCUT2D eigenvalue weighted by molar-refractivity contribution is 4.99. The van der Waals surface area contributed by atoms with Crippen molar-refractivity contribution in [3.05, 3.63) is 24.8 Å². The largest absolute Gasteiger partial charge is 0.371 e. The molecule has 0 fully saturated rings. The third-order valence-electron chi connectivity index (χ3n) is 1.68. The third-order valence-corrected chi connectivity index (χ3v) is 1.68. The molecule has 0 aliphatic rings. The summed E-state index contributed by atoms with van der Waals surface area (Å²) in [4.78, 5) is 0. The number of hydrogen-bond acceptors (Lipinski definition) is 2. The van der Waals surface area contributed by atoms with E-state index in [1.807, 2.05) is 26.0 Å². The maximum Gasteiger partial charge on any atom is 0.144 e. The number of ether oxygens (including phenoxy) is 2. The van der Waals surface area contributed by atoms with Crippen LogP contribution in [0.5, 0.6) is 0 Å². The second-order valence-electron chi connectivity index (χ2n) is 2.82. The Kier molecular flexibility index (Phi) is 7.92. The van der Waals surface area contributed by atoms with Gasteiger partial charge in [0.25, 0.3) is 0 Å². The standard InChI is InChI=1S/C12H18O2/c1-5-8-10-14-12(7-3)11(4)13-9-6-2/h3,5-6,8,11-12H,2,9-10H2,1,4H3/b8-5+/t11-,12+/m0/s1. The Hall–Kier alpha value is -1.04. The molecule has 14 heavy (non-hydrogen) atoms. The first-order chi connectivity index (χ1) is 6.76. The fourth-order valence-electron chi connectivity index (χ4n) is 0.882. The first kappa shape index (κ1) is 13.0. The molecule has 2 heteroatoms. The molecule has 0 aromatic heterocycles. The van der Waals surface area contributed by atoms with Crippen LogP contribution in [0.25, 0.3) is 0 Å². The molecule has 0 aromatic rings. The van der Waals surface area contributed by atoms with Crippen molar-refractivity contribution in [3.63, 3.8) is 0 Å². The predicted octanol–water partition coefficient (Wildman–Crippen LogP) is 2.17. The topological polar surface area (TPSA) is 18.5 Å². The van der Waals surface area contributed by atoms with Crippen LogP contribution in [0.4, 0.5) is 0 Å². The van der Waals surface area contributed by atoms with Crippen LogP contribution in [0.15, 0.2) is 24.8 Å². The van der Waals surface area contributed by atoms with Gasteiger partial charge in [-0.15, -0.1) is 13.0 Å². The molecule has 0 unspecified atom stereocenters. The van der Waals surface area contributed by atoms with Crippen LogP contribution in [0.1, 0.15) is 13.8 Å². The minimum Gasteiger partial charge on any atom is -0.371 e. The van der Waals surface area contributed by atoms with Crippen LogP contribution < -0.4 is 0 Å². The molecule has 0 aliphatic carbocycles. The van der Waals surface area contributed by atoms with E-state index < -0.39 is 0 Å². The van der Waals surface area contributed by atoms with Crippen molar-refractivity contribution in [2.24, 2.45) is 0 Å². The fourth-order valence-corrected chi connectivity index (χ4v) is 0.882. The van der Waals surface area contributed by atoms with Crippen molar-refractivity contribution >= 4 is 0 Å². The van der Waals surface area contributed by atoms with Gasteiger partial charge in [0.15, 0.2) is 0 Å². The Morgan fingerprint density at radius 1 is 1.43 bits per heavy atom. The van der Waals surface area contributed by atoms with Gasteiger partial charge in [-0.25, -0.2) is 0 Å². The molecule has 2 atom stereocenters. The molecule has 0 bridgehead atoms. The van der Waals surface area contributed by atoms with Crippen LogP contribution in [0.3, 0.4) is 0 Å². The van der Waals surface area contributed by atoms with Gasteiger partial charge in [0.1, 0.15) is 6.10 Å². The highest BCUT2D eigenvalue weighted by atomic mass is 16.5. The molecule has 0 saturated carbocycles. The van der Waals surface area contributed by atoms with E-state index in [0.29, 0.717) is 13.2 Å². The molecule has 0 saturated heterocycles. The second kappa shape index (κ2) is 8.55. The van der Waals surface area contributed by atoms with E-state index in [-0.39, 0.29) is 12.2 Å². The van der Waals surface area contributed by atoms with Gasteiger partial charge in [-0.3, -0.25) is 0 Å². The van der Waals surface area contributed by atoms with E-state index in [2.05, 4.69) is 12.5 Å². The van der Waals surface area contributed by atoms with E-state index in [9.17, 15) is 0 Å². The van der Waals surface area contributed by atoms with Crippen molar-refractivity contribution in [1.29, 1.82) is 0 Å². The van der Waals surface area contributed by atoms with Gasteiger partial charge in [0, 0.05) is 0 Å². The minimum atomic E-state index is -0.300. The van der Waals surface area contributed by atoms with Gasteiger partial charge >= 0.3 is 0 Å². The molecule has 0 spiro atoms. The van der Waals surface area contributed by atoms with Gasteiger partial charge in [0.05, 0.1) is 19.3 Å². The Labute approximate surface area is 86.6 Å². The highest BCUT2D eigenvalue weighted by Crippen LogP contribution is 2.03. The number of terminal acetylenes is 1. The highest BCUT2D eigenvalue weighted by Gasteiger charge is 2.14. The molecule has 78 valence electrons. The van der Waals surface area contributed by atoms with Crippen LogP contribution in [0.2, 0.25) is 0 Å². The zero-order valence-electron chi connectivity index (χ0n) is 8.90. The number of allylic oxidation sites excluding steroid dienone is 1. The second-order valence-corrected chi connectivity index (χ2v) is 2.82. The lowest BCUT2D eigenvalue weighted by atomic mass is 10.2. The molecule has 0 aromatic carbocycles. The average Bonchev–Trinajstić information content (AvgIpc) is 2.21. The van der Waals surface area contributed by atoms with Gasteiger partial charge in [-0.05, 0) is 13.8 Å². The Bertz CT molecular complexity index is 213. The smallest absolute Gasteiger partial charge is 0.144 e. The van der Waals surface area contributed by atoms with Crippen LogP contribution in [0, 0.1) is 12.3 Å². The van der Waals surface area contributed by atoms with Crippen LogP contribution >= 0.6 is 0 Å². The van der Waals surface area contributed by atoms with Gasteiger partial charge < -0.3 is 9.47 Å². The lowest BCUT2D eigenvalue weighted by Crippen LogP contribution is -2.27. The monoisotopic (exact) mass is 194 g/mol. The quantitative estimate of drug-likeness (QED) is 0.457. The molecule has 0 aliphatic heterocycles. The van der Waals surface area contributed by atoms with Crippen molar-refractivity contribution in [3.8, 4) is 12.3 Å². The van der Waals surface area contributed by atoms with E-state index in [1.54, 1.807) is 6.08 Å². The zero-order valence-corrected chi connectivity index (χ0v) is 8.90. The lowest BCUT2D eigenvalue weighted by molar-refractivity contribution is -0.0209. The molecule has 2 nitrogen and oxygen atoms in total. The summed E-state index contributed by atoms with van der Waals surface area (Å²) >= 11 is 0. The summed E-state index contributed by atoms with van der Waals surface area (Å²) in [7, 11) is 0. The van der Waals surface area contributed by atoms with Crippen molar-refractivity contribution in [2.75, 3.05) is 13.2 Å². The minimum absolute atomic E-state index is 0.108. The molecule has 0 radical (unpaired) electrons. The lowest BCUT2D eigenvalue weighted by Gasteiger charge is -2.18. The number of hydrogen-bond donors (Lipinski definition) is 0. The fraction of sp³-hybridized carbons (Fsp3) is 0.500. The summed E-state index contributed by atoms with van der Waals surface area (Å²) in [6, 6.07) is 0. The molecule has 0 heterocycles. The third kappa shape index (κ3) is 5.58. The van der Waals surface area contributed by atoms with Crippen molar-refractivity contribution in [1.82, 2.24) is 0 Å². The SMILES string of the molecule is C#C[C@@H](OC/C=C/C)[C@H](C)OCC=C. The van der Waals surface area contributed by atoms with E-state index in [0.717, 1.165) is 0 Å². The Balaban J connectivity index is 3.87. The van der Waals surface area contributed by atoms with Gasteiger partial charge in [-0.1, -0.05) is 24.1 Å². The molecule has 0 N–H and O–H groups in total. The van der Waals surface area contributed by atoms with Crippen LogP contribution in [-0.4, -0.2) is 25.4 Å². The predicted molar refractivity (Wildman–Crippen MR) is 59.0 cm³/mol. The Morgan fingerprint density at radius 3 is 2.64 bits per heavy atom. The summed E-state index contributed by atoms with van der Waals surface area (Å²) in [5.41, 5.74) is 0. The molecule has 0 rings (SSSR count). The first-order valence-corrected chi connectivity index (χ1v) is 4.67. The average molecular weight is 194 g/mol. The maximum absolute atomic E-state index is 5.41. The summed E-state index contributed by atoms with van der Waals surface area (Å²) in [5.74, 6) is 2.55. The normalized spacial score (nSPS) is 14.9. The summed E-state index contributed by atoms with van der Waals surface area (Å²) in [6.07, 6.45) is 10.4. The van der Waals surface area contributed by atoms with Crippen molar-refractivity contribution in [2.45, 2.75) is 26.1 Å². The summed E-state index contributed by atoms with van der Waals surface area (Å²) < 4.78 is 10.8. The Morgan fingerprint density at radius 2 is 2.14 bits per heavy atom. The van der Waals surface area contributed by atoms with E-state index in [1.165, 1.54) is 0 Å². The molecule has 0 amide bonds. The summed E-state index contributed by atoms with van der Waals surface area (Å²) in [5, 5.41) is 0. The summed E-state index contributed by atoms with van der Waals surface area (Å²) in [6.45, 7) is 8.41. The van der Waals surface area contributed by atoms with Crippen molar-refractivity contribution < 1.29 is 9.47 Å². The maximum atomic E-state index is 5.41. The number of rotatable bonds is 7. The zero-order chi connectivity index (χ0) is 10.8. The van der Waals surface area contributed by atoms with E-state index >= 15 is 0 Å².